The standard InChI is InChI=1S/C13H25NO3/c1-17-13(16)12-7-6-9-14(11-12)8-4-2-3-5-10-15/h12,15H,2-11H2,1H3/t12-/m0/s1. The highest BCUT2D eigenvalue weighted by atomic mass is 16.5. The van der Waals surface area contributed by atoms with E-state index >= 15 is 0 Å². The lowest BCUT2D eigenvalue weighted by atomic mass is 9.98. The molecule has 0 aromatic heterocycles. The molecule has 1 rings (SSSR count). The summed E-state index contributed by atoms with van der Waals surface area (Å²) in [6, 6.07) is 0. The number of likely N-dealkylation sites (tertiary alicyclic amines) is 1. The Balaban J connectivity index is 2.14. The van der Waals surface area contributed by atoms with Crippen LogP contribution in [0.2, 0.25) is 0 Å². The summed E-state index contributed by atoms with van der Waals surface area (Å²) in [5, 5.41) is 8.68. The number of esters is 1. The molecule has 1 aliphatic rings. The van der Waals surface area contributed by atoms with Gasteiger partial charge in [0.05, 0.1) is 13.0 Å². The van der Waals surface area contributed by atoms with E-state index in [1.165, 1.54) is 13.5 Å². The highest BCUT2D eigenvalue weighted by Crippen LogP contribution is 2.18. The smallest absolute Gasteiger partial charge is 0.309 e. The van der Waals surface area contributed by atoms with Gasteiger partial charge in [-0.15, -0.1) is 0 Å². The van der Waals surface area contributed by atoms with Crippen LogP contribution in [0, 0.1) is 5.92 Å². The van der Waals surface area contributed by atoms with E-state index in [9.17, 15) is 4.79 Å². The average molecular weight is 243 g/mol. The van der Waals surface area contributed by atoms with Gasteiger partial charge in [-0.05, 0) is 38.8 Å². The van der Waals surface area contributed by atoms with Crippen LogP contribution in [0.3, 0.4) is 0 Å². The maximum absolute atomic E-state index is 11.5. The first kappa shape index (κ1) is 14.5. The van der Waals surface area contributed by atoms with Crippen molar-refractivity contribution in [2.45, 2.75) is 38.5 Å². The van der Waals surface area contributed by atoms with E-state index in [1.807, 2.05) is 0 Å². The molecule has 0 bridgehead atoms. The fourth-order valence-corrected chi connectivity index (χ4v) is 2.42. The predicted octanol–water partition coefficient (Wildman–Crippen LogP) is 1.42. The molecule has 4 heteroatoms. The lowest BCUT2D eigenvalue weighted by Gasteiger charge is -2.31. The monoisotopic (exact) mass is 243 g/mol. The molecular weight excluding hydrogens is 218 g/mol. The Morgan fingerprint density at radius 1 is 1.35 bits per heavy atom. The zero-order valence-electron chi connectivity index (χ0n) is 10.9. The van der Waals surface area contributed by atoms with E-state index in [0.29, 0.717) is 6.61 Å². The van der Waals surface area contributed by atoms with Crippen molar-refractivity contribution in [2.75, 3.05) is 33.4 Å². The van der Waals surface area contributed by atoms with Gasteiger partial charge in [0.15, 0.2) is 0 Å². The molecule has 0 radical (unpaired) electrons. The van der Waals surface area contributed by atoms with Crippen molar-refractivity contribution in [3.8, 4) is 0 Å². The largest absolute Gasteiger partial charge is 0.469 e. The lowest BCUT2D eigenvalue weighted by molar-refractivity contribution is -0.147. The van der Waals surface area contributed by atoms with Gasteiger partial charge in [0.2, 0.25) is 0 Å². The normalized spacial score (nSPS) is 21.4. The number of methoxy groups -OCH3 is 1. The first-order valence-electron chi connectivity index (χ1n) is 6.69. The number of hydrogen-bond acceptors (Lipinski definition) is 4. The molecule has 4 nitrogen and oxygen atoms in total. The molecule has 0 unspecified atom stereocenters. The molecule has 1 fully saturated rings. The molecule has 100 valence electrons. The Hall–Kier alpha value is -0.610. The molecule has 1 aliphatic heterocycles. The summed E-state index contributed by atoms with van der Waals surface area (Å²) in [7, 11) is 1.47. The van der Waals surface area contributed by atoms with Crippen molar-refractivity contribution < 1.29 is 14.6 Å². The number of nitrogens with zero attached hydrogens (tertiary/aromatic N) is 1. The van der Waals surface area contributed by atoms with E-state index in [0.717, 1.165) is 51.7 Å². The third-order valence-corrected chi connectivity index (χ3v) is 3.42. The lowest BCUT2D eigenvalue weighted by Crippen LogP contribution is -2.39. The molecule has 1 saturated heterocycles. The molecule has 17 heavy (non-hydrogen) atoms. The SMILES string of the molecule is COC(=O)[C@H]1CCCN(CCCCCCO)C1. The summed E-state index contributed by atoms with van der Waals surface area (Å²) in [6.07, 6.45) is 6.40. The highest BCUT2D eigenvalue weighted by molar-refractivity contribution is 5.72. The quantitative estimate of drug-likeness (QED) is 0.543. The average Bonchev–Trinajstić information content (AvgIpc) is 2.38. The number of unbranched alkanes of at least 4 members (excludes halogenated alkanes) is 3. The van der Waals surface area contributed by atoms with Crippen LogP contribution in [0.25, 0.3) is 0 Å². The van der Waals surface area contributed by atoms with Crippen LogP contribution >= 0.6 is 0 Å². The Kier molecular flexibility index (Phi) is 7.21. The van der Waals surface area contributed by atoms with Crippen LogP contribution in [0.15, 0.2) is 0 Å². The second-order valence-electron chi connectivity index (χ2n) is 4.80. The second-order valence-corrected chi connectivity index (χ2v) is 4.80. The van der Waals surface area contributed by atoms with Crippen molar-refractivity contribution >= 4 is 5.97 Å². The molecule has 1 heterocycles. The van der Waals surface area contributed by atoms with Gasteiger partial charge in [0.25, 0.3) is 0 Å². The van der Waals surface area contributed by atoms with Crippen molar-refractivity contribution in [1.29, 1.82) is 0 Å². The maximum atomic E-state index is 11.5. The van der Waals surface area contributed by atoms with E-state index in [2.05, 4.69) is 4.90 Å². The number of ether oxygens (including phenoxy) is 1. The number of aliphatic hydroxyl groups excluding tert-OH is 1. The molecule has 0 spiro atoms. The summed E-state index contributed by atoms with van der Waals surface area (Å²) >= 11 is 0. The zero-order valence-corrected chi connectivity index (χ0v) is 10.9. The second kappa shape index (κ2) is 8.48. The highest BCUT2D eigenvalue weighted by Gasteiger charge is 2.25. The van der Waals surface area contributed by atoms with Crippen LogP contribution in [0.4, 0.5) is 0 Å². The minimum absolute atomic E-state index is 0.0602. The van der Waals surface area contributed by atoms with E-state index in [-0.39, 0.29) is 11.9 Å². The number of carbonyl (C=O) groups is 1. The van der Waals surface area contributed by atoms with Gasteiger partial charge in [-0.25, -0.2) is 0 Å². The summed E-state index contributed by atoms with van der Waals surface area (Å²) in [4.78, 5) is 13.8. The van der Waals surface area contributed by atoms with Gasteiger partial charge < -0.3 is 14.7 Å². The summed E-state index contributed by atoms with van der Waals surface area (Å²) in [5.41, 5.74) is 0. The van der Waals surface area contributed by atoms with E-state index in [4.69, 9.17) is 9.84 Å². The first-order chi connectivity index (χ1) is 8.27. The maximum Gasteiger partial charge on any atom is 0.309 e. The predicted molar refractivity (Wildman–Crippen MR) is 66.7 cm³/mol. The molecular formula is C13H25NO3. The Bertz CT molecular complexity index is 221. The molecule has 1 atom stereocenters. The van der Waals surface area contributed by atoms with Crippen LogP contribution in [-0.4, -0.2) is 49.3 Å². The molecule has 0 aromatic rings. The van der Waals surface area contributed by atoms with Gasteiger partial charge in [-0.2, -0.15) is 0 Å². The Morgan fingerprint density at radius 3 is 2.82 bits per heavy atom. The van der Waals surface area contributed by atoms with Gasteiger partial charge >= 0.3 is 5.97 Å². The van der Waals surface area contributed by atoms with Gasteiger partial charge in [-0.3, -0.25) is 4.79 Å². The van der Waals surface area contributed by atoms with E-state index in [1.54, 1.807) is 0 Å². The fourth-order valence-electron chi connectivity index (χ4n) is 2.42. The number of aliphatic hydroxyl groups is 1. The molecule has 0 amide bonds. The van der Waals surface area contributed by atoms with Crippen molar-refractivity contribution in [3.05, 3.63) is 0 Å². The topological polar surface area (TPSA) is 49.8 Å². The van der Waals surface area contributed by atoms with Crippen LogP contribution in [0.1, 0.15) is 38.5 Å². The van der Waals surface area contributed by atoms with Crippen molar-refractivity contribution in [3.63, 3.8) is 0 Å². The molecule has 0 aromatic carbocycles. The minimum atomic E-state index is -0.0602. The summed E-state index contributed by atoms with van der Waals surface area (Å²) in [6.45, 7) is 3.33. The van der Waals surface area contributed by atoms with Gasteiger partial charge in [-0.1, -0.05) is 12.8 Å². The molecule has 0 aliphatic carbocycles. The van der Waals surface area contributed by atoms with Gasteiger partial charge in [0, 0.05) is 13.2 Å². The Morgan fingerprint density at radius 2 is 2.12 bits per heavy atom. The molecule has 1 N–H and O–H groups in total. The fraction of sp³-hybridized carbons (Fsp3) is 0.923. The number of carbonyl (C=O) groups excluding carboxylic acids is 1. The number of piperidine rings is 1. The number of hydrogen-bond donors (Lipinski definition) is 1. The summed E-state index contributed by atoms with van der Waals surface area (Å²) < 4.78 is 4.80. The van der Waals surface area contributed by atoms with E-state index < -0.39 is 0 Å². The van der Waals surface area contributed by atoms with Crippen molar-refractivity contribution in [2.24, 2.45) is 5.92 Å². The van der Waals surface area contributed by atoms with Crippen LogP contribution in [0.5, 0.6) is 0 Å². The molecule has 0 saturated carbocycles. The third-order valence-electron chi connectivity index (χ3n) is 3.42. The number of rotatable bonds is 7. The first-order valence-corrected chi connectivity index (χ1v) is 6.69. The van der Waals surface area contributed by atoms with Crippen LogP contribution < -0.4 is 0 Å². The zero-order chi connectivity index (χ0) is 12.5. The van der Waals surface area contributed by atoms with Crippen molar-refractivity contribution in [1.82, 2.24) is 4.90 Å². The summed E-state index contributed by atoms with van der Waals surface area (Å²) in [5.74, 6) is 0.0150. The van der Waals surface area contributed by atoms with Gasteiger partial charge in [0.1, 0.15) is 0 Å². The Labute approximate surface area is 104 Å². The minimum Gasteiger partial charge on any atom is -0.469 e. The third kappa shape index (κ3) is 5.50. The van der Waals surface area contributed by atoms with Crippen LogP contribution in [-0.2, 0) is 9.53 Å².